The zero-order chi connectivity index (χ0) is 18.0. The van der Waals surface area contributed by atoms with Crippen molar-refractivity contribution in [2.75, 3.05) is 33.4 Å². The second-order valence-electron chi connectivity index (χ2n) is 4.83. The number of nitrogens with one attached hydrogen (secondary N) is 3. The average molecular weight is 338 g/mol. The first kappa shape index (κ1) is 21.9. The van der Waals surface area contributed by atoms with E-state index >= 15 is 0 Å². The Hall–Kier alpha value is -2.08. The van der Waals surface area contributed by atoms with E-state index in [0.29, 0.717) is 25.7 Å². The van der Waals surface area contributed by atoms with Crippen molar-refractivity contribution in [1.29, 1.82) is 0 Å². The van der Waals surface area contributed by atoms with Gasteiger partial charge in [0.15, 0.2) is 0 Å². The highest BCUT2D eigenvalue weighted by Crippen LogP contribution is 1.97. The SMILES string of the molecule is C=C/C=C(F)\C=C/CNCN/C(=C\C(=NC)OCC)NCCCC. The summed E-state index contributed by atoms with van der Waals surface area (Å²) in [6.45, 7) is 10.0. The van der Waals surface area contributed by atoms with E-state index in [1.165, 1.54) is 18.2 Å². The highest BCUT2D eigenvalue weighted by Gasteiger charge is 2.00. The van der Waals surface area contributed by atoms with E-state index in [0.717, 1.165) is 25.2 Å². The van der Waals surface area contributed by atoms with Crippen LogP contribution in [0.5, 0.6) is 0 Å². The Kier molecular flexibility index (Phi) is 14.4. The van der Waals surface area contributed by atoms with Crippen LogP contribution < -0.4 is 16.0 Å². The summed E-state index contributed by atoms with van der Waals surface area (Å²) in [6.07, 6.45) is 9.88. The van der Waals surface area contributed by atoms with Gasteiger partial charge in [-0.25, -0.2) is 4.39 Å². The summed E-state index contributed by atoms with van der Waals surface area (Å²) in [6, 6.07) is 0. The topological polar surface area (TPSA) is 57.7 Å². The monoisotopic (exact) mass is 338 g/mol. The van der Waals surface area contributed by atoms with Crippen LogP contribution in [0, 0.1) is 0 Å². The number of halogens is 1. The first-order valence-corrected chi connectivity index (χ1v) is 8.32. The smallest absolute Gasteiger partial charge is 0.211 e. The van der Waals surface area contributed by atoms with Crippen LogP contribution in [0.2, 0.25) is 0 Å². The van der Waals surface area contributed by atoms with Crippen molar-refractivity contribution in [1.82, 2.24) is 16.0 Å². The van der Waals surface area contributed by atoms with Crippen molar-refractivity contribution in [3.05, 3.63) is 48.6 Å². The highest BCUT2D eigenvalue weighted by molar-refractivity contribution is 5.88. The van der Waals surface area contributed by atoms with E-state index in [1.807, 2.05) is 13.0 Å². The zero-order valence-corrected chi connectivity index (χ0v) is 15.1. The summed E-state index contributed by atoms with van der Waals surface area (Å²) >= 11 is 0. The van der Waals surface area contributed by atoms with Crippen molar-refractivity contribution >= 4 is 5.90 Å². The maximum atomic E-state index is 13.1. The lowest BCUT2D eigenvalue weighted by molar-refractivity contribution is 0.329. The quantitative estimate of drug-likeness (QED) is 0.159. The van der Waals surface area contributed by atoms with Crippen LogP contribution in [0.15, 0.2) is 53.6 Å². The standard InChI is InChI=1S/C18H31FN4O/c1-5-8-13-22-17(14-18(20-4)24-7-3)23-15-21-12-9-11-16(19)10-6-2/h6,9-11,14,21-23H,2,5,7-8,12-13,15H2,1,3-4H3/b11-9-,16-10+,17-14-,20-18?. The summed E-state index contributed by atoms with van der Waals surface area (Å²) in [7, 11) is 1.69. The first-order chi connectivity index (χ1) is 11.7. The van der Waals surface area contributed by atoms with Crippen molar-refractivity contribution in [3.63, 3.8) is 0 Å². The van der Waals surface area contributed by atoms with E-state index in [9.17, 15) is 4.39 Å². The number of allylic oxidation sites excluding steroid dienone is 4. The maximum absolute atomic E-state index is 13.1. The molecule has 0 fully saturated rings. The minimum atomic E-state index is -0.318. The summed E-state index contributed by atoms with van der Waals surface area (Å²) in [5.74, 6) is 1.09. The third kappa shape index (κ3) is 12.5. The second-order valence-corrected chi connectivity index (χ2v) is 4.83. The van der Waals surface area contributed by atoms with Gasteiger partial charge in [0, 0.05) is 26.2 Å². The lowest BCUT2D eigenvalue weighted by Gasteiger charge is -2.14. The normalized spacial score (nSPS) is 13.2. The van der Waals surface area contributed by atoms with E-state index in [-0.39, 0.29) is 5.83 Å². The number of hydrogen-bond acceptors (Lipinski definition) is 5. The number of rotatable bonds is 13. The number of hydrogen-bond donors (Lipinski definition) is 3. The minimum Gasteiger partial charge on any atom is -0.478 e. The molecule has 0 aliphatic rings. The molecule has 0 amide bonds. The molecule has 0 rings (SSSR count). The summed E-state index contributed by atoms with van der Waals surface area (Å²) in [5, 5.41) is 9.70. The van der Waals surface area contributed by atoms with E-state index in [4.69, 9.17) is 4.74 Å². The van der Waals surface area contributed by atoms with Crippen LogP contribution in [0.4, 0.5) is 4.39 Å². The largest absolute Gasteiger partial charge is 0.478 e. The molecule has 0 atom stereocenters. The molecular weight excluding hydrogens is 307 g/mol. The molecule has 3 N–H and O–H groups in total. The molecule has 0 unspecified atom stereocenters. The fourth-order valence-electron chi connectivity index (χ4n) is 1.66. The van der Waals surface area contributed by atoms with Crippen molar-refractivity contribution in [3.8, 4) is 0 Å². The molecule has 6 heteroatoms. The first-order valence-electron chi connectivity index (χ1n) is 8.32. The van der Waals surface area contributed by atoms with E-state index in [2.05, 4.69) is 34.4 Å². The molecular formula is C18H31FN4O. The van der Waals surface area contributed by atoms with Crippen LogP contribution in [-0.2, 0) is 4.74 Å². The van der Waals surface area contributed by atoms with Gasteiger partial charge in [-0.1, -0.05) is 32.1 Å². The number of aliphatic imine (C=N–C) groups is 1. The van der Waals surface area contributed by atoms with Gasteiger partial charge < -0.3 is 15.4 Å². The van der Waals surface area contributed by atoms with Gasteiger partial charge in [0.25, 0.3) is 0 Å². The van der Waals surface area contributed by atoms with Gasteiger partial charge in [-0.15, -0.1) is 0 Å². The predicted molar refractivity (Wildman–Crippen MR) is 101 cm³/mol. The highest BCUT2D eigenvalue weighted by atomic mass is 19.1. The molecule has 0 aromatic carbocycles. The van der Waals surface area contributed by atoms with E-state index in [1.54, 1.807) is 13.1 Å². The molecule has 0 spiro atoms. The van der Waals surface area contributed by atoms with Crippen molar-refractivity contribution in [2.45, 2.75) is 26.7 Å². The van der Waals surface area contributed by atoms with Crippen LogP contribution in [0.3, 0.4) is 0 Å². The number of unbranched alkanes of at least 4 members (excludes halogenated alkanes) is 1. The Labute approximate surface area is 145 Å². The molecule has 0 aromatic heterocycles. The maximum Gasteiger partial charge on any atom is 0.211 e. The Morgan fingerprint density at radius 1 is 1.29 bits per heavy atom. The average Bonchev–Trinajstić information content (AvgIpc) is 2.57. The molecule has 5 nitrogen and oxygen atoms in total. The van der Waals surface area contributed by atoms with Gasteiger partial charge in [0.05, 0.1) is 13.3 Å². The molecule has 0 saturated heterocycles. The summed E-state index contributed by atoms with van der Waals surface area (Å²) in [4.78, 5) is 4.09. The van der Waals surface area contributed by atoms with Crippen molar-refractivity contribution in [2.24, 2.45) is 4.99 Å². The molecule has 0 aliphatic heterocycles. The second kappa shape index (κ2) is 15.8. The number of ether oxygens (including phenoxy) is 1. The summed E-state index contributed by atoms with van der Waals surface area (Å²) in [5.41, 5.74) is 0. The molecule has 0 aromatic rings. The molecule has 0 aliphatic carbocycles. The Balaban J connectivity index is 4.37. The van der Waals surface area contributed by atoms with Crippen LogP contribution in [0.1, 0.15) is 26.7 Å². The van der Waals surface area contributed by atoms with Crippen molar-refractivity contribution < 1.29 is 9.13 Å². The van der Waals surface area contributed by atoms with Gasteiger partial charge in [-0.05, 0) is 25.5 Å². The lowest BCUT2D eigenvalue weighted by atomic mass is 10.3. The van der Waals surface area contributed by atoms with Crippen LogP contribution in [0.25, 0.3) is 0 Å². The summed E-state index contributed by atoms with van der Waals surface area (Å²) < 4.78 is 18.5. The molecule has 0 radical (unpaired) electrons. The van der Waals surface area contributed by atoms with Gasteiger partial charge in [-0.3, -0.25) is 10.3 Å². The molecule has 0 bridgehead atoms. The zero-order valence-electron chi connectivity index (χ0n) is 15.1. The third-order valence-corrected chi connectivity index (χ3v) is 2.85. The minimum absolute atomic E-state index is 0.318. The van der Waals surface area contributed by atoms with Crippen LogP contribution >= 0.6 is 0 Å². The van der Waals surface area contributed by atoms with Gasteiger partial charge >= 0.3 is 0 Å². The third-order valence-electron chi connectivity index (χ3n) is 2.85. The van der Waals surface area contributed by atoms with E-state index < -0.39 is 0 Å². The Morgan fingerprint density at radius 3 is 2.71 bits per heavy atom. The van der Waals surface area contributed by atoms with Gasteiger partial charge in [0.1, 0.15) is 11.6 Å². The molecule has 0 heterocycles. The fraction of sp³-hybridized carbons (Fsp3) is 0.500. The predicted octanol–water partition coefficient (Wildman–Crippen LogP) is 3.01. The van der Waals surface area contributed by atoms with Crippen LogP contribution in [-0.4, -0.2) is 39.3 Å². The Morgan fingerprint density at radius 2 is 2.08 bits per heavy atom. The van der Waals surface area contributed by atoms with Gasteiger partial charge in [0.2, 0.25) is 5.90 Å². The fourth-order valence-corrected chi connectivity index (χ4v) is 1.66. The molecule has 0 saturated carbocycles. The molecule has 24 heavy (non-hydrogen) atoms. The van der Waals surface area contributed by atoms with Gasteiger partial charge in [-0.2, -0.15) is 0 Å². The molecule has 136 valence electrons. The Bertz CT molecular complexity index is 456. The number of nitrogens with zero attached hydrogens (tertiary/aromatic N) is 1. The lowest BCUT2D eigenvalue weighted by Crippen LogP contribution is -2.35.